The van der Waals surface area contributed by atoms with Crippen molar-refractivity contribution >= 4 is 16.9 Å². The van der Waals surface area contributed by atoms with Crippen LogP contribution in [-0.2, 0) is 0 Å². The SMILES string of the molecule is O=c1c2cc(F)c(N3CCCC3)nc2n(C2CC2)c(=O)n1O. The highest BCUT2D eigenvalue weighted by Crippen LogP contribution is 2.35. The molecule has 0 atom stereocenters. The Hall–Kier alpha value is -2.38. The Bertz CT molecular complexity index is 878. The first-order valence-electron chi connectivity index (χ1n) is 7.40. The van der Waals surface area contributed by atoms with Gasteiger partial charge in [-0.1, -0.05) is 4.73 Å². The minimum Gasteiger partial charge on any atom is -0.421 e. The average molecular weight is 306 g/mol. The molecule has 116 valence electrons. The van der Waals surface area contributed by atoms with E-state index in [0.29, 0.717) is 13.1 Å². The smallest absolute Gasteiger partial charge is 0.366 e. The molecule has 0 aromatic carbocycles. The van der Waals surface area contributed by atoms with Crippen molar-refractivity contribution in [2.45, 2.75) is 31.7 Å². The predicted octanol–water partition coefficient (Wildman–Crippen LogP) is 0.870. The van der Waals surface area contributed by atoms with E-state index >= 15 is 0 Å². The van der Waals surface area contributed by atoms with Crippen LogP contribution in [0, 0.1) is 5.82 Å². The minimum atomic E-state index is -0.934. The number of aromatic nitrogens is 3. The molecule has 0 bridgehead atoms. The molecule has 3 heterocycles. The lowest BCUT2D eigenvalue weighted by Crippen LogP contribution is -2.39. The fraction of sp³-hybridized carbons (Fsp3) is 0.500. The van der Waals surface area contributed by atoms with Crippen molar-refractivity contribution in [1.29, 1.82) is 0 Å². The van der Waals surface area contributed by atoms with Gasteiger partial charge in [0.1, 0.15) is 0 Å². The quantitative estimate of drug-likeness (QED) is 0.833. The fourth-order valence-electron chi connectivity index (χ4n) is 3.02. The maximum atomic E-state index is 14.3. The van der Waals surface area contributed by atoms with Crippen molar-refractivity contribution in [2.24, 2.45) is 0 Å². The van der Waals surface area contributed by atoms with E-state index < -0.39 is 17.1 Å². The van der Waals surface area contributed by atoms with Crippen LogP contribution >= 0.6 is 0 Å². The van der Waals surface area contributed by atoms with Gasteiger partial charge in [0.2, 0.25) is 0 Å². The number of hydrogen-bond donors (Lipinski definition) is 1. The van der Waals surface area contributed by atoms with Crippen LogP contribution in [0.5, 0.6) is 0 Å². The van der Waals surface area contributed by atoms with Gasteiger partial charge in [-0.25, -0.2) is 14.2 Å². The van der Waals surface area contributed by atoms with E-state index in [9.17, 15) is 19.2 Å². The van der Waals surface area contributed by atoms with E-state index in [1.807, 2.05) is 4.90 Å². The van der Waals surface area contributed by atoms with E-state index in [4.69, 9.17) is 0 Å². The minimum absolute atomic E-state index is 0.0390. The molecule has 2 fully saturated rings. The third-order valence-electron chi connectivity index (χ3n) is 4.29. The number of nitrogens with zero attached hydrogens (tertiary/aromatic N) is 4. The highest BCUT2D eigenvalue weighted by Gasteiger charge is 2.30. The Labute approximate surface area is 124 Å². The number of hydrogen-bond acceptors (Lipinski definition) is 5. The van der Waals surface area contributed by atoms with E-state index in [0.717, 1.165) is 31.7 Å². The van der Waals surface area contributed by atoms with Gasteiger partial charge in [0.15, 0.2) is 17.3 Å². The Morgan fingerprint density at radius 3 is 2.55 bits per heavy atom. The van der Waals surface area contributed by atoms with Crippen LogP contribution in [0.3, 0.4) is 0 Å². The molecule has 1 saturated carbocycles. The largest absolute Gasteiger partial charge is 0.421 e. The summed E-state index contributed by atoms with van der Waals surface area (Å²) in [5.74, 6) is -0.429. The Balaban J connectivity index is 2.05. The van der Waals surface area contributed by atoms with Crippen molar-refractivity contribution < 1.29 is 9.60 Å². The standard InChI is InChI=1S/C14H15FN4O3/c15-10-7-9-11(16-12(10)17-5-1-2-6-17)18(8-3-4-8)14(21)19(22)13(9)20/h7-8,22H,1-6H2. The summed E-state index contributed by atoms with van der Waals surface area (Å²) in [6.45, 7) is 1.42. The lowest BCUT2D eigenvalue weighted by Gasteiger charge is -2.18. The molecule has 0 amide bonds. The molecule has 22 heavy (non-hydrogen) atoms. The third kappa shape index (κ3) is 1.83. The Morgan fingerprint density at radius 2 is 1.91 bits per heavy atom. The molecule has 2 aliphatic rings. The molecule has 0 unspecified atom stereocenters. The van der Waals surface area contributed by atoms with Crippen molar-refractivity contribution in [3.63, 3.8) is 0 Å². The molecule has 8 heteroatoms. The van der Waals surface area contributed by atoms with Gasteiger partial charge in [0.25, 0.3) is 5.56 Å². The molecular weight excluding hydrogens is 291 g/mol. The second-order valence-corrected chi connectivity index (χ2v) is 5.86. The zero-order valence-corrected chi connectivity index (χ0v) is 11.8. The van der Waals surface area contributed by atoms with Crippen LogP contribution < -0.4 is 16.1 Å². The predicted molar refractivity (Wildman–Crippen MR) is 77.1 cm³/mol. The molecule has 1 saturated heterocycles. The van der Waals surface area contributed by atoms with Crippen molar-refractivity contribution in [3.8, 4) is 0 Å². The van der Waals surface area contributed by atoms with Gasteiger partial charge in [-0.2, -0.15) is 0 Å². The lowest BCUT2D eigenvalue weighted by molar-refractivity contribution is 0.157. The number of rotatable bonds is 2. The number of anilines is 1. The summed E-state index contributed by atoms with van der Waals surface area (Å²) in [6.07, 6.45) is 3.50. The van der Waals surface area contributed by atoms with Crippen LogP contribution in [0.15, 0.2) is 15.7 Å². The van der Waals surface area contributed by atoms with Gasteiger partial charge in [-0.05, 0) is 31.7 Å². The summed E-state index contributed by atoms with van der Waals surface area (Å²) < 4.78 is 15.7. The molecule has 4 rings (SSSR count). The number of fused-ring (bicyclic) bond motifs is 1. The molecule has 1 aliphatic carbocycles. The van der Waals surface area contributed by atoms with E-state index in [2.05, 4.69) is 4.98 Å². The van der Waals surface area contributed by atoms with Gasteiger partial charge in [0.05, 0.1) is 5.39 Å². The van der Waals surface area contributed by atoms with Crippen LogP contribution in [0.25, 0.3) is 11.0 Å². The second kappa shape index (κ2) is 4.56. The molecule has 0 radical (unpaired) electrons. The summed E-state index contributed by atoms with van der Waals surface area (Å²) >= 11 is 0. The summed E-state index contributed by atoms with van der Waals surface area (Å²) in [5.41, 5.74) is -1.59. The van der Waals surface area contributed by atoms with Crippen molar-refractivity contribution in [2.75, 3.05) is 18.0 Å². The van der Waals surface area contributed by atoms with Gasteiger partial charge in [-0.3, -0.25) is 9.36 Å². The molecule has 1 aliphatic heterocycles. The maximum absolute atomic E-state index is 14.3. The molecule has 7 nitrogen and oxygen atoms in total. The third-order valence-corrected chi connectivity index (χ3v) is 4.29. The molecule has 2 aromatic rings. The van der Waals surface area contributed by atoms with Crippen LogP contribution in [0.2, 0.25) is 0 Å². The second-order valence-electron chi connectivity index (χ2n) is 5.86. The number of pyridine rings is 1. The Kier molecular flexibility index (Phi) is 2.75. The van der Waals surface area contributed by atoms with Crippen LogP contribution in [0.1, 0.15) is 31.7 Å². The maximum Gasteiger partial charge on any atom is 0.366 e. The zero-order valence-electron chi connectivity index (χ0n) is 11.8. The van der Waals surface area contributed by atoms with Crippen molar-refractivity contribution in [1.82, 2.24) is 14.3 Å². The summed E-state index contributed by atoms with van der Waals surface area (Å²) in [6, 6.07) is 0.988. The van der Waals surface area contributed by atoms with Gasteiger partial charge in [0, 0.05) is 19.1 Å². The first kappa shape index (κ1) is 13.3. The van der Waals surface area contributed by atoms with Crippen LogP contribution in [0.4, 0.5) is 10.2 Å². The molecular formula is C14H15FN4O3. The summed E-state index contributed by atoms with van der Waals surface area (Å²) in [5, 5.41) is 9.57. The average Bonchev–Trinajstić information content (AvgIpc) is 3.19. The van der Waals surface area contributed by atoms with Crippen LogP contribution in [-0.4, -0.2) is 32.6 Å². The first-order chi connectivity index (χ1) is 10.6. The first-order valence-corrected chi connectivity index (χ1v) is 7.40. The monoisotopic (exact) mass is 306 g/mol. The highest BCUT2D eigenvalue weighted by molar-refractivity contribution is 5.76. The molecule has 2 aromatic heterocycles. The lowest BCUT2D eigenvalue weighted by atomic mass is 10.3. The number of halogens is 1. The highest BCUT2D eigenvalue weighted by atomic mass is 19.1. The van der Waals surface area contributed by atoms with Gasteiger partial charge in [-0.15, -0.1) is 0 Å². The fourth-order valence-corrected chi connectivity index (χ4v) is 3.02. The van der Waals surface area contributed by atoms with Crippen molar-refractivity contribution in [3.05, 3.63) is 32.7 Å². The summed E-state index contributed by atoms with van der Waals surface area (Å²) in [7, 11) is 0. The van der Waals surface area contributed by atoms with E-state index in [-0.39, 0.29) is 27.6 Å². The van der Waals surface area contributed by atoms with Gasteiger partial charge >= 0.3 is 5.69 Å². The van der Waals surface area contributed by atoms with E-state index in [1.54, 1.807) is 0 Å². The topological polar surface area (TPSA) is 80.4 Å². The molecule has 0 spiro atoms. The normalized spacial score (nSPS) is 18.3. The summed E-state index contributed by atoms with van der Waals surface area (Å²) in [4.78, 5) is 30.2. The van der Waals surface area contributed by atoms with Gasteiger partial charge < -0.3 is 10.1 Å². The Morgan fingerprint density at radius 1 is 1.23 bits per heavy atom. The van der Waals surface area contributed by atoms with E-state index in [1.165, 1.54) is 4.57 Å². The zero-order chi connectivity index (χ0) is 15.4. The molecule has 1 N–H and O–H groups in total.